The first kappa shape index (κ1) is 16.5. The standard InChI is InChI=1S/C18H25N5O/c1-4-14-7-5-6-10-23(14)17-12-19-22-18(21-17)20-15-11-13(2)8-9-16(15)24-3/h8-9,11-12,14H,4-7,10H2,1-3H3,(H,20,21,22). The van der Waals surface area contributed by atoms with Crippen molar-refractivity contribution in [2.75, 3.05) is 23.9 Å². The van der Waals surface area contributed by atoms with Crippen molar-refractivity contribution in [3.63, 3.8) is 0 Å². The van der Waals surface area contributed by atoms with Gasteiger partial charge in [-0.3, -0.25) is 0 Å². The second-order valence-electron chi connectivity index (χ2n) is 6.22. The Labute approximate surface area is 143 Å². The fourth-order valence-corrected chi connectivity index (χ4v) is 3.25. The van der Waals surface area contributed by atoms with Crippen molar-refractivity contribution >= 4 is 17.5 Å². The van der Waals surface area contributed by atoms with E-state index in [4.69, 9.17) is 4.74 Å². The zero-order chi connectivity index (χ0) is 16.9. The zero-order valence-corrected chi connectivity index (χ0v) is 14.6. The molecule has 1 unspecified atom stereocenters. The highest BCUT2D eigenvalue weighted by Crippen LogP contribution is 2.29. The monoisotopic (exact) mass is 327 g/mol. The summed E-state index contributed by atoms with van der Waals surface area (Å²) in [6.45, 7) is 5.30. The number of aromatic nitrogens is 3. The first-order valence-corrected chi connectivity index (χ1v) is 8.59. The average molecular weight is 327 g/mol. The summed E-state index contributed by atoms with van der Waals surface area (Å²) in [6, 6.07) is 6.51. The molecule has 128 valence electrons. The topological polar surface area (TPSA) is 63.2 Å². The van der Waals surface area contributed by atoms with Crippen LogP contribution in [-0.4, -0.2) is 34.9 Å². The van der Waals surface area contributed by atoms with Gasteiger partial charge in [0, 0.05) is 12.6 Å². The largest absolute Gasteiger partial charge is 0.495 e. The molecule has 6 nitrogen and oxygen atoms in total. The van der Waals surface area contributed by atoms with Crippen molar-refractivity contribution in [1.82, 2.24) is 15.2 Å². The SMILES string of the molecule is CCC1CCCCN1c1cnnc(Nc2cc(C)ccc2OC)n1. The molecule has 3 rings (SSSR count). The van der Waals surface area contributed by atoms with E-state index in [1.54, 1.807) is 13.3 Å². The third-order valence-electron chi connectivity index (χ3n) is 4.54. The average Bonchev–Trinajstić information content (AvgIpc) is 2.62. The number of ether oxygens (including phenoxy) is 1. The van der Waals surface area contributed by atoms with E-state index in [0.717, 1.165) is 35.8 Å². The van der Waals surface area contributed by atoms with E-state index < -0.39 is 0 Å². The number of hydrogen-bond donors (Lipinski definition) is 1. The molecule has 6 heteroatoms. The number of benzene rings is 1. The number of aryl methyl sites for hydroxylation is 1. The van der Waals surface area contributed by atoms with Crippen molar-refractivity contribution in [2.45, 2.75) is 45.6 Å². The fraction of sp³-hybridized carbons (Fsp3) is 0.500. The van der Waals surface area contributed by atoms with Gasteiger partial charge in [-0.2, -0.15) is 10.1 Å². The molecule has 1 aromatic carbocycles. The number of rotatable bonds is 5. The summed E-state index contributed by atoms with van der Waals surface area (Å²) >= 11 is 0. The predicted molar refractivity (Wildman–Crippen MR) is 96.1 cm³/mol. The molecule has 2 heterocycles. The fourth-order valence-electron chi connectivity index (χ4n) is 3.25. The van der Waals surface area contributed by atoms with Crippen molar-refractivity contribution in [3.8, 4) is 5.75 Å². The Bertz CT molecular complexity index is 691. The Morgan fingerprint density at radius 3 is 3.00 bits per heavy atom. The molecule has 0 radical (unpaired) electrons. The zero-order valence-electron chi connectivity index (χ0n) is 14.6. The van der Waals surface area contributed by atoms with Crippen LogP contribution in [0.5, 0.6) is 5.75 Å². The molecule has 1 saturated heterocycles. The summed E-state index contributed by atoms with van der Waals surface area (Å²) in [5, 5.41) is 11.5. The van der Waals surface area contributed by atoms with Crippen LogP contribution in [0.1, 0.15) is 38.2 Å². The number of anilines is 3. The molecule has 0 amide bonds. The highest BCUT2D eigenvalue weighted by Gasteiger charge is 2.22. The van der Waals surface area contributed by atoms with Gasteiger partial charge in [0.25, 0.3) is 0 Å². The first-order valence-electron chi connectivity index (χ1n) is 8.59. The second-order valence-corrected chi connectivity index (χ2v) is 6.22. The Kier molecular flexibility index (Phi) is 5.13. The molecule has 0 aliphatic carbocycles. The van der Waals surface area contributed by atoms with Crippen LogP contribution in [0.3, 0.4) is 0 Å². The normalized spacial score (nSPS) is 17.6. The lowest BCUT2D eigenvalue weighted by Gasteiger charge is -2.35. The van der Waals surface area contributed by atoms with Gasteiger partial charge in [0.2, 0.25) is 5.95 Å². The maximum absolute atomic E-state index is 5.40. The van der Waals surface area contributed by atoms with Crippen molar-refractivity contribution in [2.24, 2.45) is 0 Å². The predicted octanol–water partition coefficient (Wildman–Crippen LogP) is 3.70. The van der Waals surface area contributed by atoms with Crippen LogP contribution in [-0.2, 0) is 0 Å². The maximum atomic E-state index is 5.40. The third-order valence-corrected chi connectivity index (χ3v) is 4.54. The van der Waals surface area contributed by atoms with Crippen LogP contribution in [0.4, 0.5) is 17.5 Å². The number of nitrogens with zero attached hydrogens (tertiary/aromatic N) is 4. The van der Waals surface area contributed by atoms with Gasteiger partial charge in [-0.25, -0.2) is 0 Å². The molecule has 0 bridgehead atoms. The van der Waals surface area contributed by atoms with Crippen LogP contribution < -0.4 is 15.0 Å². The Morgan fingerprint density at radius 2 is 2.21 bits per heavy atom. The maximum Gasteiger partial charge on any atom is 0.249 e. The van der Waals surface area contributed by atoms with Gasteiger partial charge in [-0.05, 0) is 50.3 Å². The molecule has 1 fully saturated rings. The second kappa shape index (κ2) is 7.47. The van der Waals surface area contributed by atoms with Gasteiger partial charge in [0.15, 0.2) is 5.82 Å². The lowest BCUT2D eigenvalue weighted by atomic mass is 10.0. The first-order chi connectivity index (χ1) is 11.7. The molecule has 0 spiro atoms. The molecule has 1 aliphatic heterocycles. The van der Waals surface area contributed by atoms with Gasteiger partial charge in [0.05, 0.1) is 19.0 Å². The van der Waals surface area contributed by atoms with E-state index in [9.17, 15) is 0 Å². The highest BCUT2D eigenvalue weighted by molar-refractivity contribution is 5.64. The number of nitrogens with one attached hydrogen (secondary N) is 1. The third kappa shape index (κ3) is 3.58. The minimum absolute atomic E-state index is 0.497. The summed E-state index contributed by atoms with van der Waals surface area (Å²) in [7, 11) is 1.66. The Balaban J connectivity index is 1.84. The van der Waals surface area contributed by atoms with Crippen LogP contribution >= 0.6 is 0 Å². The smallest absolute Gasteiger partial charge is 0.249 e. The van der Waals surface area contributed by atoms with Crippen LogP contribution in [0.15, 0.2) is 24.4 Å². The Hall–Kier alpha value is -2.37. The van der Waals surface area contributed by atoms with Crippen LogP contribution in [0.2, 0.25) is 0 Å². The summed E-state index contributed by atoms with van der Waals surface area (Å²) in [5.41, 5.74) is 1.99. The minimum atomic E-state index is 0.497. The van der Waals surface area contributed by atoms with Crippen molar-refractivity contribution in [1.29, 1.82) is 0 Å². The lowest BCUT2D eigenvalue weighted by molar-refractivity contribution is 0.416. The summed E-state index contributed by atoms with van der Waals surface area (Å²) in [5.74, 6) is 2.15. The molecule has 1 atom stereocenters. The van der Waals surface area contributed by atoms with E-state index >= 15 is 0 Å². The molecule has 2 aromatic rings. The highest BCUT2D eigenvalue weighted by atomic mass is 16.5. The van der Waals surface area contributed by atoms with Gasteiger partial charge >= 0.3 is 0 Å². The van der Waals surface area contributed by atoms with Crippen molar-refractivity contribution in [3.05, 3.63) is 30.0 Å². The van der Waals surface area contributed by atoms with Gasteiger partial charge in [0.1, 0.15) is 5.75 Å². The summed E-state index contributed by atoms with van der Waals surface area (Å²) < 4.78 is 5.40. The van der Waals surface area contributed by atoms with E-state index in [1.807, 2.05) is 25.1 Å². The number of hydrogen-bond acceptors (Lipinski definition) is 6. The Morgan fingerprint density at radius 1 is 1.33 bits per heavy atom. The van der Waals surface area contributed by atoms with E-state index in [1.165, 1.54) is 19.3 Å². The van der Waals surface area contributed by atoms with E-state index in [0.29, 0.717) is 12.0 Å². The quantitative estimate of drug-likeness (QED) is 0.903. The van der Waals surface area contributed by atoms with E-state index in [2.05, 4.69) is 32.3 Å². The van der Waals surface area contributed by atoms with Gasteiger partial charge in [-0.1, -0.05) is 13.0 Å². The van der Waals surface area contributed by atoms with Gasteiger partial charge in [-0.15, -0.1) is 5.10 Å². The summed E-state index contributed by atoms with van der Waals surface area (Å²) in [4.78, 5) is 7.04. The number of methoxy groups -OCH3 is 1. The lowest BCUT2D eigenvalue weighted by Crippen LogP contribution is -2.39. The van der Waals surface area contributed by atoms with Crippen LogP contribution in [0, 0.1) is 6.92 Å². The summed E-state index contributed by atoms with van der Waals surface area (Å²) in [6.07, 6.45) is 6.59. The van der Waals surface area contributed by atoms with Crippen molar-refractivity contribution < 1.29 is 4.74 Å². The number of piperidine rings is 1. The molecular formula is C18H25N5O. The van der Waals surface area contributed by atoms with Gasteiger partial charge < -0.3 is 15.0 Å². The minimum Gasteiger partial charge on any atom is -0.495 e. The molecular weight excluding hydrogens is 302 g/mol. The molecule has 1 aromatic heterocycles. The molecule has 1 N–H and O–H groups in total. The van der Waals surface area contributed by atoms with E-state index in [-0.39, 0.29) is 0 Å². The molecule has 24 heavy (non-hydrogen) atoms. The molecule has 1 aliphatic rings. The molecule has 0 saturated carbocycles. The van der Waals surface area contributed by atoms with Crippen LogP contribution in [0.25, 0.3) is 0 Å².